The van der Waals surface area contributed by atoms with E-state index in [2.05, 4.69) is 30.0 Å². The molecule has 1 aliphatic heterocycles. The van der Waals surface area contributed by atoms with Gasteiger partial charge in [-0.25, -0.2) is 0 Å². The first-order valence-corrected chi connectivity index (χ1v) is 7.18. The number of nitrogens with zero attached hydrogens (tertiary/aromatic N) is 1. The molecule has 2 rings (SSSR count). The van der Waals surface area contributed by atoms with E-state index in [1.165, 1.54) is 50.8 Å². The summed E-state index contributed by atoms with van der Waals surface area (Å²) in [6, 6.07) is 8.96. The fourth-order valence-electron chi connectivity index (χ4n) is 2.78. The molecule has 0 bridgehead atoms. The van der Waals surface area contributed by atoms with Gasteiger partial charge in [0.25, 0.3) is 0 Å². The molecule has 3 heteroatoms. The summed E-state index contributed by atoms with van der Waals surface area (Å²) in [5, 5.41) is 0.862. The van der Waals surface area contributed by atoms with E-state index in [1.807, 2.05) is 6.07 Å². The van der Waals surface area contributed by atoms with E-state index in [-0.39, 0.29) is 12.4 Å². The quantitative estimate of drug-likeness (QED) is 0.746. The second kappa shape index (κ2) is 8.04. The van der Waals surface area contributed by atoms with Gasteiger partial charge in [0.2, 0.25) is 0 Å². The molecule has 0 N–H and O–H groups in total. The molecule has 0 aromatic heterocycles. The number of hydrogen-bond donors (Lipinski definition) is 0. The van der Waals surface area contributed by atoms with Crippen molar-refractivity contribution >= 4 is 24.0 Å². The summed E-state index contributed by atoms with van der Waals surface area (Å²) in [6.45, 7) is 4.76. The van der Waals surface area contributed by atoms with Crippen LogP contribution < -0.4 is 0 Å². The second-order valence-corrected chi connectivity index (χ2v) is 5.39. The van der Waals surface area contributed by atoms with Gasteiger partial charge in [-0.15, -0.1) is 12.4 Å². The molecule has 1 aromatic carbocycles. The van der Waals surface area contributed by atoms with Crippen molar-refractivity contribution in [3.05, 3.63) is 34.9 Å². The SMILES string of the molecule is CCCC(c1cccc(Cl)c1)N1CCCCC1.Cl. The predicted octanol–water partition coefficient (Wildman–Crippen LogP) is 5.09. The number of benzene rings is 1. The van der Waals surface area contributed by atoms with Gasteiger partial charge in [-0.05, 0) is 50.0 Å². The zero-order valence-electron chi connectivity index (χ0n) is 11.1. The van der Waals surface area contributed by atoms with Gasteiger partial charge in [0.1, 0.15) is 0 Å². The lowest BCUT2D eigenvalue weighted by Crippen LogP contribution is -2.33. The highest BCUT2D eigenvalue weighted by molar-refractivity contribution is 6.30. The molecule has 1 aliphatic rings. The Bertz CT molecular complexity index is 348. The minimum absolute atomic E-state index is 0. The van der Waals surface area contributed by atoms with E-state index in [0.717, 1.165) is 5.02 Å². The van der Waals surface area contributed by atoms with E-state index in [1.54, 1.807) is 0 Å². The van der Waals surface area contributed by atoms with Gasteiger partial charge in [0.15, 0.2) is 0 Å². The van der Waals surface area contributed by atoms with Gasteiger partial charge >= 0.3 is 0 Å². The van der Waals surface area contributed by atoms with Crippen LogP contribution in [0.1, 0.15) is 50.6 Å². The molecule has 0 aliphatic carbocycles. The highest BCUT2D eigenvalue weighted by atomic mass is 35.5. The van der Waals surface area contributed by atoms with Gasteiger partial charge in [-0.1, -0.05) is 43.5 Å². The van der Waals surface area contributed by atoms with Crippen molar-refractivity contribution in [2.45, 2.75) is 45.1 Å². The normalized spacial score (nSPS) is 18.1. The molecule has 18 heavy (non-hydrogen) atoms. The first-order chi connectivity index (χ1) is 8.31. The van der Waals surface area contributed by atoms with Gasteiger partial charge in [0, 0.05) is 11.1 Å². The third-order valence-corrected chi connectivity index (χ3v) is 3.86. The fraction of sp³-hybridized carbons (Fsp3) is 0.600. The van der Waals surface area contributed by atoms with Crippen LogP contribution in [-0.4, -0.2) is 18.0 Å². The maximum Gasteiger partial charge on any atom is 0.0409 e. The summed E-state index contributed by atoms with van der Waals surface area (Å²) < 4.78 is 0. The van der Waals surface area contributed by atoms with E-state index in [0.29, 0.717) is 6.04 Å². The van der Waals surface area contributed by atoms with Gasteiger partial charge in [-0.2, -0.15) is 0 Å². The summed E-state index contributed by atoms with van der Waals surface area (Å²) in [4.78, 5) is 2.64. The summed E-state index contributed by atoms with van der Waals surface area (Å²) in [5.41, 5.74) is 1.39. The van der Waals surface area contributed by atoms with Crippen molar-refractivity contribution in [1.82, 2.24) is 4.90 Å². The average molecular weight is 288 g/mol. The topological polar surface area (TPSA) is 3.24 Å². The number of halogens is 2. The molecule has 1 saturated heterocycles. The van der Waals surface area contributed by atoms with Gasteiger partial charge in [0.05, 0.1) is 0 Å². The molecular weight excluding hydrogens is 265 g/mol. The van der Waals surface area contributed by atoms with Crippen molar-refractivity contribution in [3.63, 3.8) is 0 Å². The van der Waals surface area contributed by atoms with Crippen LogP contribution in [0, 0.1) is 0 Å². The Kier molecular flexibility index (Phi) is 7.06. The van der Waals surface area contributed by atoms with Crippen LogP contribution in [0.25, 0.3) is 0 Å². The number of rotatable bonds is 4. The maximum atomic E-state index is 6.11. The Morgan fingerprint density at radius 1 is 1.22 bits per heavy atom. The number of hydrogen-bond acceptors (Lipinski definition) is 1. The van der Waals surface area contributed by atoms with Crippen molar-refractivity contribution in [2.75, 3.05) is 13.1 Å². The Morgan fingerprint density at radius 3 is 2.56 bits per heavy atom. The monoisotopic (exact) mass is 287 g/mol. The van der Waals surface area contributed by atoms with Crippen LogP contribution in [0.5, 0.6) is 0 Å². The first-order valence-electron chi connectivity index (χ1n) is 6.81. The standard InChI is InChI=1S/C15H22ClN.ClH/c1-2-7-15(17-10-4-3-5-11-17)13-8-6-9-14(16)12-13;/h6,8-9,12,15H,2-5,7,10-11H2,1H3;1H. The molecular formula is C15H23Cl2N. The molecule has 1 nitrogen and oxygen atoms in total. The van der Waals surface area contributed by atoms with Gasteiger partial charge in [-0.3, -0.25) is 4.90 Å². The number of likely N-dealkylation sites (tertiary alicyclic amines) is 1. The maximum absolute atomic E-state index is 6.11. The van der Waals surface area contributed by atoms with E-state index in [9.17, 15) is 0 Å². The van der Waals surface area contributed by atoms with Crippen LogP contribution in [0.4, 0.5) is 0 Å². The Hall–Kier alpha value is -0.240. The van der Waals surface area contributed by atoms with Crippen molar-refractivity contribution in [1.29, 1.82) is 0 Å². The average Bonchev–Trinajstić information content (AvgIpc) is 2.37. The summed E-state index contributed by atoms with van der Waals surface area (Å²) in [5.74, 6) is 0. The summed E-state index contributed by atoms with van der Waals surface area (Å²) in [6.07, 6.45) is 6.56. The molecule has 1 heterocycles. The molecule has 0 amide bonds. The molecule has 0 spiro atoms. The van der Waals surface area contributed by atoms with Crippen LogP contribution in [0.3, 0.4) is 0 Å². The van der Waals surface area contributed by atoms with Crippen molar-refractivity contribution in [2.24, 2.45) is 0 Å². The molecule has 1 fully saturated rings. The Balaban J connectivity index is 0.00000162. The van der Waals surface area contributed by atoms with Crippen molar-refractivity contribution in [3.8, 4) is 0 Å². The highest BCUT2D eigenvalue weighted by Gasteiger charge is 2.21. The lowest BCUT2D eigenvalue weighted by Gasteiger charge is -2.35. The van der Waals surface area contributed by atoms with Crippen molar-refractivity contribution < 1.29 is 0 Å². The van der Waals surface area contributed by atoms with Crippen LogP contribution >= 0.6 is 24.0 Å². The highest BCUT2D eigenvalue weighted by Crippen LogP contribution is 2.29. The van der Waals surface area contributed by atoms with Crippen LogP contribution in [0.15, 0.2) is 24.3 Å². The summed E-state index contributed by atoms with van der Waals surface area (Å²) in [7, 11) is 0. The lowest BCUT2D eigenvalue weighted by molar-refractivity contribution is 0.155. The molecule has 0 radical (unpaired) electrons. The smallest absolute Gasteiger partial charge is 0.0409 e. The van der Waals surface area contributed by atoms with Crippen LogP contribution in [-0.2, 0) is 0 Å². The molecule has 0 saturated carbocycles. The molecule has 1 atom stereocenters. The third-order valence-electron chi connectivity index (χ3n) is 3.63. The van der Waals surface area contributed by atoms with Crippen LogP contribution in [0.2, 0.25) is 5.02 Å². The second-order valence-electron chi connectivity index (χ2n) is 4.96. The van der Waals surface area contributed by atoms with E-state index < -0.39 is 0 Å². The molecule has 1 aromatic rings. The third kappa shape index (κ3) is 4.15. The van der Waals surface area contributed by atoms with E-state index in [4.69, 9.17) is 11.6 Å². The first kappa shape index (κ1) is 15.8. The predicted molar refractivity (Wildman–Crippen MR) is 81.8 cm³/mol. The minimum atomic E-state index is 0. The molecule has 102 valence electrons. The zero-order valence-corrected chi connectivity index (χ0v) is 12.6. The van der Waals surface area contributed by atoms with Gasteiger partial charge < -0.3 is 0 Å². The van der Waals surface area contributed by atoms with E-state index >= 15 is 0 Å². The minimum Gasteiger partial charge on any atom is -0.296 e. The Labute approximate surface area is 122 Å². The fourth-order valence-corrected chi connectivity index (χ4v) is 2.98. The Morgan fingerprint density at radius 2 is 1.94 bits per heavy atom. The largest absolute Gasteiger partial charge is 0.296 e. The summed E-state index contributed by atoms with van der Waals surface area (Å²) >= 11 is 6.11. The lowest BCUT2D eigenvalue weighted by atomic mass is 9.98. The molecule has 1 unspecified atom stereocenters. The number of piperidine rings is 1. The zero-order chi connectivity index (χ0) is 12.1.